The van der Waals surface area contributed by atoms with E-state index in [0.717, 1.165) is 28.3 Å². The van der Waals surface area contributed by atoms with Gasteiger partial charge in [0.25, 0.3) is 5.91 Å². The number of hydrogen-bond acceptors (Lipinski definition) is 5. The lowest BCUT2D eigenvalue weighted by Crippen LogP contribution is -2.43. The summed E-state index contributed by atoms with van der Waals surface area (Å²) < 4.78 is 20.2. The molecule has 3 aromatic rings. The Bertz CT molecular complexity index is 1220. The third-order valence-corrected chi connectivity index (χ3v) is 5.61. The Morgan fingerprint density at radius 2 is 1.56 bits per heavy atom. The SMILES string of the molecule is O=C(Nc1cccc(C(=O)N[C@H](CO)C(=O)O)c1F)OCC1c2ccccc2-c2ccccc21. The first-order chi connectivity index (χ1) is 16.4. The molecule has 9 heteroatoms. The summed E-state index contributed by atoms with van der Waals surface area (Å²) in [5, 5.41) is 22.3. The van der Waals surface area contributed by atoms with Crippen LogP contribution in [0.25, 0.3) is 11.1 Å². The molecule has 0 saturated carbocycles. The van der Waals surface area contributed by atoms with Crippen LogP contribution in [0.15, 0.2) is 66.7 Å². The van der Waals surface area contributed by atoms with Crippen molar-refractivity contribution in [2.45, 2.75) is 12.0 Å². The second-order valence-electron chi connectivity index (χ2n) is 7.66. The summed E-state index contributed by atoms with van der Waals surface area (Å²) in [6, 6.07) is 17.8. The van der Waals surface area contributed by atoms with Gasteiger partial charge in [0.2, 0.25) is 0 Å². The predicted octanol–water partition coefficient (Wildman–Crippen LogP) is 3.36. The van der Waals surface area contributed by atoms with Gasteiger partial charge in [0.15, 0.2) is 11.9 Å². The summed E-state index contributed by atoms with van der Waals surface area (Å²) in [5.74, 6) is -3.75. The van der Waals surface area contributed by atoms with Crippen LogP contribution in [0.2, 0.25) is 0 Å². The number of halogens is 1. The van der Waals surface area contributed by atoms with Crippen molar-refractivity contribution in [1.29, 1.82) is 0 Å². The number of carboxylic acid groups (broad SMARTS) is 1. The molecule has 8 nitrogen and oxygen atoms in total. The van der Waals surface area contributed by atoms with Gasteiger partial charge >= 0.3 is 12.1 Å². The van der Waals surface area contributed by atoms with Crippen molar-refractivity contribution < 1.29 is 33.7 Å². The number of aliphatic hydroxyl groups is 1. The Balaban J connectivity index is 1.45. The monoisotopic (exact) mass is 464 g/mol. The molecule has 0 saturated heterocycles. The van der Waals surface area contributed by atoms with Crippen molar-refractivity contribution in [3.05, 3.63) is 89.2 Å². The molecule has 0 bridgehead atoms. The topological polar surface area (TPSA) is 125 Å². The highest BCUT2D eigenvalue weighted by molar-refractivity contribution is 5.98. The Hall–Kier alpha value is -4.24. The number of rotatable bonds is 7. The zero-order chi connectivity index (χ0) is 24.2. The number of hydrogen-bond donors (Lipinski definition) is 4. The molecule has 1 aliphatic rings. The molecular formula is C25H21FN2O6. The van der Waals surface area contributed by atoms with E-state index in [9.17, 15) is 18.8 Å². The van der Waals surface area contributed by atoms with Gasteiger partial charge in [-0.25, -0.2) is 14.0 Å². The third-order valence-electron chi connectivity index (χ3n) is 5.61. The van der Waals surface area contributed by atoms with E-state index in [0.29, 0.717) is 0 Å². The second-order valence-corrected chi connectivity index (χ2v) is 7.66. The van der Waals surface area contributed by atoms with Crippen LogP contribution in [0, 0.1) is 5.82 Å². The summed E-state index contributed by atoms with van der Waals surface area (Å²) in [7, 11) is 0. The van der Waals surface area contributed by atoms with Gasteiger partial charge in [-0.1, -0.05) is 54.6 Å². The molecule has 34 heavy (non-hydrogen) atoms. The Kier molecular flexibility index (Phi) is 6.55. The highest BCUT2D eigenvalue weighted by atomic mass is 19.1. The molecule has 174 valence electrons. The predicted molar refractivity (Wildman–Crippen MR) is 121 cm³/mol. The fraction of sp³-hybridized carbons (Fsp3) is 0.160. The number of ether oxygens (including phenoxy) is 1. The molecule has 0 fully saturated rings. The number of anilines is 1. The number of benzene rings is 3. The van der Waals surface area contributed by atoms with Crippen LogP contribution in [0.1, 0.15) is 27.4 Å². The minimum Gasteiger partial charge on any atom is -0.480 e. The van der Waals surface area contributed by atoms with Gasteiger partial charge in [0, 0.05) is 5.92 Å². The summed E-state index contributed by atoms with van der Waals surface area (Å²) in [6.07, 6.45) is -0.905. The number of aliphatic hydroxyl groups excluding tert-OH is 1. The molecule has 0 spiro atoms. The quantitative estimate of drug-likeness (QED) is 0.425. The Labute approximate surface area is 194 Å². The summed E-state index contributed by atoms with van der Waals surface area (Å²) in [4.78, 5) is 35.7. The van der Waals surface area contributed by atoms with Gasteiger partial charge in [-0.3, -0.25) is 10.1 Å². The first kappa shape index (κ1) is 22.9. The number of amides is 2. The van der Waals surface area contributed by atoms with Crippen LogP contribution in [-0.4, -0.2) is 47.4 Å². The average Bonchev–Trinajstić information content (AvgIpc) is 3.16. The minimum atomic E-state index is -1.59. The Morgan fingerprint density at radius 1 is 0.941 bits per heavy atom. The number of carboxylic acids is 1. The van der Waals surface area contributed by atoms with Gasteiger partial charge in [-0.15, -0.1) is 0 Å². The third kappa shape index (κ3) is 4.46. The van der Waals surface area contributed by atoms with E-state index < -0.39 is 42.0 Å². The Morgan fingerprint density at radius 3 is 2.15 bits per heavy atom. The molecule has 1 atom stereocenters. The lowest BCUT2D eigenvalue weighted by atomic mass is 9.98. The van der Waals surface area contributed by atoms with E-state index in [4.69, 9.17) is 14.9 Å². The molecule has 0 aromatic heterocycles. The summed E-state index contributed by atoms with van der Waals surface area (Å²) in [5.41, 5.74) is 3.40. The smallest absolute Gasteiger partial charge is 0.411 e. The molecule has 2 amide bonds. The van der Waals surface area contributed by atoms with Gasteiger partial charge in [0.05, 0.1) is 17.9 Å². The molecule has 4 rings (SSSR count). The standard InChI is InChI=1S/C25H21FN2O6/c26-22-18(23(30)27-21(12-29)24(31)32)10-5-11-20(22)28-25(33)34-13-19-16-8-3-1-6-14(16)15-7-2-4-9-17(15)19/h1-11,19,21,29H,12-13H2,(H,27,30)(H,28,33)(H,31,32)/t21-/m1/s1. The molecule has 0 radical (unpaired) electrons. The van der Waals surface area contributed by atoms with Crippen molar-refractivity contribution in [3.63, 3.8) is 0 Å². The highest BCUT2D eigenvalue weighted by Crippen LogP contribution is 2.44. The lowest BCUT2D eigenvalue weighted by molar-refractivity contribution is -0.140. The maximum atomic E-state index is 14.8. The zero-order valence-electron chi connectivity index (χ0n) is 17.8. The average molecular weight is 464 g/mol. The van der Waals surface area contributed by atoms with Crippen molar-refractivity contribution in [2.75, 3.05) is 18.5 Å². The zero-order valence-corrected chi connectivity index (χ0v) is 17.8. The molecule has 0 aliphatic heterocycles. The van der Waals surface area contributed by atoms with Crippen molar-refractivity contribution in [3.8, 4) is 11.1 Å². The van der Waals surface area contributed by atoms with Crippen LogP contribution in [0.5, 0.6) is 0 Å². The fourth-order valence-electron chi connectivity index (χ4n) is 3.97. The van der Waals surface area contributed by atoms with Gasteiger partial charge in [0.1, 0.15) is 6.61 Å². The van der Waals surface area contributed by atoms with Crippen LogP contribution in [0.4, 0.5) is 14.9 Å². The largest absolute Gasteiger partial charge is 0.480 e. The van der Waals surface area contributed by atoms with Crippen molar-refractivity contribution in [1.82, 2.24) is 5.32 Å². The normalized spacial score (nSPS) is 12.9. The number of nitrogens with one attached hydrogen (secondary N) is 2. The van der Waals surface area contributed by atoms with Crippen molar-refractivity contribution in [2.24, 2.45) is 0 Å². The number of aliphatic carboxylic acids is 1. The first-order valence-electron chi connectivity index (χ1n) is 10.5. The molecule has 4 N–H and O–H groups in total. The van der Waals surface area contributed by atoms with E-state index >= 15 is 0 Å². The molecule has 1 aliphatic carbocycles. The van der Waals surface area contributed by atoms with Crippen molar-refractivity contribution >= 4 is 23.7 Å². The van der Waals surface area contributed by atoms with Gasteiger partial charge < -0.3 is 20.3 Å². The maximum Gasteiger partial charge on any atom is 0.411 e. The lowest BCUT2D eigenvalue weighted by Gasteiger charge is -2.16. The molecule has 0 unspecified atom stereocenters. The number of carbonyl (C=O) groups is 3. The van der Waals surface area contributed by atoms with E-state index in [1.165, 1.54) is 12.1 Å². The number of fused-ring (bicyclic) bond motifs is 3. The maximum absolute atomic E-state index is 14.8. The van der Waals surface area contributed by atoms with Crippen LogP contribution in [-0.2, 0) is 9.53 Å². The van der Waals surface area contributed by atoms with E-state index in [-0.39, 0.29) is 18.2 Å². The number of carbonyl (C=O) groups excluding carboxylic acids is 2. The fourth-order valence-corrected chi connectivity index (χ4v) is 3.97. The van der Waals surface area contributed by atoms with Gasteiger partial charge in [-0.05, 0) is 34.4 Å². The molecule has 0 heterocycles. The van der Waals surface area contributed by atoms with E-state index in [1.807, 2.05) is 53.8 Å². The van der Waals surface area contributed by atoms with Gasteiger partial charge in [-0.2, -0.15) is 0 Å². The summed E-state index contributed by atoms with van der Waals surface area (Å²) >= 11 is 0. The van der Waals surface area contributed by atoms with Crippen LogP contribution < -0.4 is 10.6 Å². The molecular weight excluding hydrogens is 443 g/mol. The minimum absolute atomic E-state index is 0.0262. The van der Waals surface area contributed by atoms with E-state index in [1.54, 1.807) is 0 Å². The van der Waals surface area contributed by atoms with Crippen LogP contribution >= 0.6 is 0 Å². The van der Waals surface area contributed by atoms with Crippen LogP contribution in [0.3, 0.4) is 0 Å². The summed E-state index contributed by atoms with van der Waals surface area (Å²) in [6.45, 7) is -0.834. The molecule has 3 aromatic carbocycles. The van der Waals surface area contributed by atoms with E-state index in [2.05, 4.69) is 5.32 Å². The highest BCUT2D eigenvalue weighted by Gasteiger charge is 2.29. The second kappa shape index (κ2) is 9.72. The first-order valence-corrected chi connectivity index (χ1v) is 10.5.